The molecule has 0 fully saturated rings. The molecule has 2 heterocycles. The molecule has 4 aromatic rings. The maximum atomic E-state index is 13.8. The number of rotatable bonds is 5. The van der Waals surface area contributed by atoms with Crippen molar-refractivity contribution in [3.63, 3.8) is 0 Å². The molecule has 0 aliphatic rings. The number of sulfone groups is 1. The number of ether oxygens (including phenoxy) is 1. The van der Waals surface area contributed by atoms with Gasteiger partial charge in [-0.2, -0.15) is 18.3 Å². The summed E-state index contributed by atoms with van der Waals surface area (Å²) in [5.74, 6) is 0.381. The van der Waals surface area contributed by atoms with Crippen LogP contribution < -0.4 is 4.74 Å². The molecular weight excluding hydrogens is 463 g/mol. The smallest absolute Gasteiger partial charge is 0.435 e. The number of nitrogens with zero attached hydrogens (tertiary/aromatic N) is 3. The van der Waals surface area contributed by atoms with E-state index in [9.17, 15) is 21.6 Å². The fraction of sp³-hybridized carbons (Fsp3) is 0.143. The number of hydrogen-bond donors (Lipinski definition) is 0. The Kier molecular flexibility index (Phi) is 5.55. The number of benzene rings is 2. The quantitative estimate of drug-likeness (QED) is 0.399. The van der Waals surface area contributed by atoms with Crippen LogP contribution in [0.3, 0.4) is 0 Å². The molecule has 0 amide bonds. The first-order valence-electron chi connectivity index (χ1n) is 9.12. The van der Waals surface area contributed by atoms with E-state index in [1.165, 1.54) is 55.0 Å². The third kappa shape index (κ3) is 4.26. The van der Waals surface area contributed by atoms with Crippen LogP contribution in [0.25, 0.3) is 28.1 Å². The molecule has 0 aliphatic carbocycles. The van der Waals surface area contributed by atoms with Crippen LogP contribution in [0.2, 0.25) is 0 Å². The molecule has 0 saturated carbocycles. The summed E-state index contributed by atoms with van der Waals surface area (Å²) in [6.07, 6.45) is -2.39. The Balaban J connectivity index is 1.82. The first-order chi connectivity index (χ1) is 15.1. The molecule has 0 bridgehead atoms. The second kappa shape index (κ2) is 8.06. The number of alkyl halides is 3. The average Bonchev–Trinajstić information content (AvgIpc) is 3.43. The van der Waals surface area contributed by atoms with Crippen molar-refractivity contribution in [2.45, 2.75) is 11.1 Å². The highest BCUT2D eigenvalue weighted by molar-refractivity contribution is 7.90. The molecule has 2 aromatic carbocycles. The molecule has 166 valence electrons. The summed E-state index contributed by atoms with van der Waals surface area (Å²) in [7, 11) is -1.99. The van der Waals surface area contributed by atoms with Crippen molar-refractivity contribution < 1.29 is 26.3 Å². The van der Waals surface area contributed by atoms with Crippen LogP contribution in [-0.4, -0.2) is 36.5 Å². The predicted molar refractivity (Wildman–Crippen MR) is 115 cm³/mol. The van der Waals surface area contributed by atoms with Gasteiger partial charge in [-0.1, -0.05) is 6.07 Å². The van der Waals surface area contributed by atoms with E-state index in [1.54, 1.807) is 17.6 Å². The summed E-state index contributed by atoms with van der Waals surface area (Å²) in [5, 5.41) is 5.55. The maximum absolute atomic E-state index is 13.8. The van der Waals surface area contributed by atoms with Crippen LogP contribution in [0.4, 0.5) is 13.2 Å². The highest BCUT2D eigenvalue weighted by Gasteiger charge is 2.38. The topological polar surface area (TPSA) is 74.1 Å². The van der Waals surface area contributed by atoms with Crippen LogP contribution in [0.5, 0.6) is 5.75 Å². The van der Waals surface area contributed by atoms with Crippen molar-refractivity contribution in [2.75, 3.05) is 13.4 Å². The van der Waals surface area contributed by atoms with Crippen molar-refractivity contribution in [1.29, 1.82) is 0 Å². The van der Waals surface area contributed by atoms with Gasteiger partial charge < -0.3 is 4.74 Å². The molecule has 0 atom stereocenters. The molecule has 4 rings (SSSR count). The normalized spacial score (nSPS) is 12.2. The lowest BCUT2D eigenvalue weighted by Gasteiger charge is -2.10. The summed E-state index contributed by atoms with van der Waals surface area (Å²) in [6.45, 7) is 0. The van der Waals surface area contributed by atoms with Gasteiger partial charge in [-0.05, 0) is 42.0 Å². The maximum Gasteiger partial charge on any atom is 0.435 e. The van der Waals surface area contributed by atoms with E-state index in [4.69, 9.17) is 4.74 Å². The molecular formula is C21H16F3N3O3S2. The Morgan fingerprint density at radius 3 is 2.34 bits per heavy atom. The zero-order valence-corrected chi connectivity index (χ0v) is 18.4. The number of thiazole rings is 1. The summed E-state index contributed by atoms with van der Waals surface area (Å²) < 4.78 is 71.1. The number of aromatic nitrogens is 3. The lowest BCUT2D eigenvalue weighted by Crippen LogP contribution is -2.08. The minimum Gasteiger partial charge on any atom is -0.496 e. The van der Waals surface area contributed by atoms with E-state index in [0.717, 1.165) is 10.9 Å². The highest BCUT2D eigenvalue weighted by Crippen LogP contribution is 2.40. The molecule has 2 aromatic heterocycles. The van der Waals surface area contributed by atoms with Gasteiger partial charge in [0.2, 0.25) is 0 Å². The largest absolute Gasteiger partial charge is 0.496 e. The van der Waals surface area contributed by atoms with E-state index in [0.29, 0.717) is 22.7 Å². The van der Waals surface area contributed by atoms with Gasteiger partial charge in [-0.25, -0.2) is 18.1 Å². The van der Waals surface area contributed by atoms with E-state index in [-0.39, 0.29) is 16.0 Å². The molecule has 32 heavy (non-hydrogen) atoms. The highest BCUT2D eigenvalue weighted by atomic mass is 32.2. The van der Waals surface area contributed by atoms with Gasteiger partial charge >= 0.3 is 6.18 Å². The molecule has 0 spiro atoms. The van der Waals surface area contributed by atoms with Crippen LogP contribution in [0, 0.1) is 0 Å². The van der Waals surface area contributed by atoms with Gasteiger partial charge in [0.15, 0.2) is 15.5 Å². The zero-order valence-electron chi connectivity index (χ0n) is 16.8. The summed E-state index contributed by atoms with van der Waals surface area (Å²) in [5.41, 5.74) is 2.35. The SMILES string of the molecule is COc1cc(-c2cn(-c3ccc(S(C)(=O)=O)cc3)nc2C(F)(F)F)ccc1-c1cscn1. The molecule has 0 aliphatic heterocycles. The van der Waals surface area contributed by atoms with Gasteiger partial charge in [-0.15, -0.1) is 11.3 Å². The predicted octanol–water partition coefficient (Wildman–Crippen LogP) is 5.09. The van der Waals surface area contributed by atoms with E-state index in [2.05, 4.69) is 10.1 Å². The molecule has 0 radical (unpaired) electrons. The average molecular weight is 480 g/mol. The standard InChI is InChI=1S/C21H16F3N3O3S2/c1-30-19-9-13(3-8-16(19)18-11-31-12-25-18)17-10-27(26-20(17)21(22,23)24)14-4-6-15(7-5-14)32(2,28)29/h3-12H,1-2H3. The third-order valence-electron chi connectivity index (χ3n) is 4.73. The van der Waals surface area contributed by atoms with Crippen LogP contribution in [0.1, 0.15) is 5.69 Å². The van der Waals surface area contributed by atoms with Crippen LogP contribution in [-0.2, 0) is 16.0 Å². The monoisotopic (exact) mass is 479 g/mol. The first-order valence-corrected chi connectivity index (χ1v) is 12.0. The van der Waals surface area contributed by atoms with Gasteiger partial charge in [0.1, 0.15) is 5.75 Å². The van der Waals surface area contributed by atoms with E-state index in [1.807, 2.05) is 5.38 Å². The summed E-state index contributed by atoms with van der Waals surface area (Å²) in [4.78, 5) is 4.28. The van der Waals surface area contributed by atoms with Crippen LogP contribution in [0.15, 0.2) is 64.4 Å². The van der Waals surface area contributed by atoms with E-state index < -0.39 is 21.7 Å². The Morgan fingerprint density at radius 1 is 1.06 bits per heavy atom. The number of halogens is 3. The Bertz CT molecular complexity index is 1360. The molecule has 6 nitrogen and oxygen atoms in total. The van der Waals surface area contributed by atoms with Gasteiger partial charge in [0.25, 0.3) is 0 Å². The fourth-order valence-electron chi connectivity index (χ4n) is 3.19. The first kappa shape index (κ1) is 22.0. The third-order valence-corrected chi connectivity index (χ3v) is 6.45. The minimum atomic E-state index is -4.70. The lowest BCUT2D eigenvalue weighted by atomic mass is 10.0. The van der Waals surface area contributed by atoms with Crippen molar-refractivity contribution in [2.24, 2.45) is 0 Å². The van der Waals surface area contributed by atoms with Gasteiger partial charge in [0.05, 0.1) is 28.9 Å². The van der Waals surface area contributed by atoms with Crippen molar-refractivity contribution in [3.05, 3.63) is 65.2 Å². The summed E-state index contributed by atoms with van der Waals surface area (Å²) >= 11 is 1.40. The minimum absolute atomic E-state index is 0.0621. The van der Waals surface area contributed by atoms with Crippen molar-refractivity contribution in [1.82, 2.24) is 14.8 Å². The lowest BCUT2D eigenvalue weighted by molar-refractivity contribution is -0.140. The molecule has 0 saturated heterocycles. The van der Waals surface area contributed by atoms with Crippen LogP contribution >= 0.6 is 11.3 Å². The van der Waals surface area contributed by atoms with Gasteiger partial charge in [-0.3, -0.25) is 0 Å². The van der Waals surface area contributed by atoms with Gasteiger partial charge in [0, 0.05) is 29.0 Å². The number of hydrogen-bond acceptors (Lipinski definition) is 6. The fourth-order valence-corrected chi connectivity index (χ4v) is 4.37. The zero-order chi connectivity index (χ0) is 23.1. The Labute approximate surface area is 185 Å². The second-order valence-electron chi connectivity index (χ2n) is 6.89. The summed E-state index contributed by atoms with van der Waals surface area (Å²) in [6, 6.07) is 10.2. The molecule has 11 heteroatoms. The van der Waals surface area contributed by atoms with E-state index >= 15 is 0 Å². The molecule has 0 unspecified atom stereocenters. The Morgan fingerprint density at radius 2 is 1.78 bits per heavy atom. The van der Waals surface area contributed by atoms with Crippen molar-refractivity contribution in [3.8, 4) is 33.8 Å². The number of methoxy groups -OCH3 is 1. The molecule has 0 N–H and O–H groups in total. The Hall–Kier alpha value is -3.18. The second-order valence-corrected chi connectivity index (χ2v) is 9.62. The van der Waals surface area contributed by atoms with Crippen molar-refractivity contribution >= 4 is 21.2 Å².